The lowest BCUT2D eigenvalue weighted by Gasteiger charge is -2.05. The van der Waals surface area contributed by atoms with Crippen molar-refractivity contribution in [3.63, 3.8) is 0 Å². The fourth-order valence-corrected chi connectivity index (χ4v) is 2.15. The lowest BCUT2D eigenvalue weighted by molar-refractivity contribution is 0.902. The normalized spacial score (nSPS) is 10.5. The Morgan fingerprint density at radius 2 is 2.37 bits per heavy atom. The summed E-state index contributed by atoms with van der Waals surface area (Å²) in [6.07, 6.45) is 3.76. The maximum absolute atomic E-state index is 8.93. The minimum Gasteiger partial charge on any atom is -0.379 e. The third-order valence-corrected chi connectivity index (χ3v) is 3.14. The monoisotopic (exact) mass is 251 g/mol. The van der Waals surface area contributed by atoms with Crippen LogP contribution in [0.3, 0.4) is 0 Å². The number of fused-ring (bicyclic) bond motifs is 1. The number of aromatic nitrogens is 3. The molecule has 0 amide bonds. The lowest BCUT2D eigenvalue weighted by atomic mass is 10.2. The van der Waals surface area contributed by atoms with Gasteiger partial charge in [-0.3, -0.25) is 5.10 Å². The average molecular weight is 251 g/mol. The fraction of sp³-hybridized carbons (Fsp3) is 0.143. The van der Waals surface area contributed by atoms with E-state index in [1.165, 1.54) is 0 Å². The third kappa shape index (κ3) is 2.04. The SMILES string of the molecule is Cn1cc(CNc2cccc3cn[nH]c23)cc1C#N. The average Bonchev–Trinajstić information content (AvgIpc) is 3.02. The van der Waals surface area contributed by atoms with Crippen LogP contribution in [0.25, 0.3) is 10.9 Å². The summed E-state index contributed by atoms with van der Waals surface area (Å²) in [5, 5.41) is 20.4. The molecular formula is C14H13N5. The summed E-state index contributed by atoms with van der Waals surface area (Å²) >= 11 is 0. The molecule has 19 heavy (non-hydrogen) atoms. The highest BCUT2D eigenvalue weighted by molar-refractivity contribution is 5.89. The van der Waals surface area contributed by atoms with Gasteiger partial charge in [-0.15, -0.1) is 0 Å². The largest absolute Gasteiger partial charge is 0.379 e. The van der Waals surface area contributed by atoms with Crippen LogP contribution in [-0.4, -0.2) is 14.8 Å². The number of hydrogen-bond acceptors (Lipinski definition) is 3. The van der Waals surface area contributed by atoms with Crippen molar-refractivity contribution in [3.8, 4) is 6.07 Å². The van der Waals surface area contributed by atoms with Crippen LogP contribution < -0.4 is 5.32 Å². The Balaban J connectivity index is 1.82. The van der Waals surface area contributed by atoms with Gasteiger partial charge >= 0.3 is 0 Å². The van der Waals surface area contributed by atoms with Gasteiger partial charge in [-0.1, -0.05) is 12.1 Å². The second kappa shape index (κ2) is 4.50. The predicted molar refractivity (Wildman–Crippen MR) is 73.5 cm³/mol. The molecule has 2 N–H and O–H groups in total. The van der Waals surface area contributed by atoms with Gasteiger partial charge in [0.2, 0.25) is 0 Å². The van der Waals surface area contributed by atoms with Crippen molar-refractivity contribution in [2.75, 3.05) is 5.32 Å². The predicted octanol–water partition coefficient (Wildman–Crippen LogP) is 2.39. The van der Waals surface area contributed by atoms with Crippen molar-refractivity contribution in [1.82, 2.24) is 14.8 Å². The van der Waals surface area contributed by atoms with E-state index in [4.69, 9.17) is 5.26 Å². The van der Waals surface area contributed by atoms with Gasteiger partial charge in [-0.2, -0.15) is 10.4 Å². The van der Waals surface area contributed by atoms with Crippen molar-refractivity contribution in [2.45, 2.75) is 6.54 Å². The van der Waals surface area contributed by atoms with Crippen LogP contribution in [0.5, 0.6) is 0 Å². The van der Waals surface area contributed by atoms with Gasteiger partial charge in [0.25, 0.3) is 0 Å². The number of aryl methyl sites for hydroxylation is 1. The molecular weight excluding hydrogens is 238 g/mol. The first kappa shape index (κ1) is 11.4. The summed E-state index contributed by atoms with van der Waals surface area (Å²) in [7, 11) is 1.87. The van der Waals surface area contributed by atoms with Gasteiger partial charge < -0.3 is 9.88 Å². The topological polar surface area (TPSA) is 69.4 Å². The molecule has 2 aromatic heterocycles. The van der Waals surface area contributed by atoms with Crippen LogP contribution in [0.1, 0.15) is 11.3 Å². The summed E-state index contributed by atoms with van der Waals surface area (Å²) in [6.45, 7) is 0.674. The molecule has 0 radical (unpaired) electrons. The van der Waals surface area contributed by atoms with Crippen LogP contribution in [0.2, 0.25) is 0 Å². The number of anilines is 1. The number of aromatic amines is 1. The molecule has 5 heteroatoms. The molecule has 0 aliphatic carbocycles. The molecule has 5 nitrogen and oxygen atoms in total. The second-order valence-corrected chi connectivity index (χ2v) is 4.45. The quantitative estimate of drug-likeness (QED) is 0.751. The van der Waals surface area contributed by atoms with Crippen LogP contribution in [0.4, 0.5) is 5.69 Å². The summed E-state index contributed by atoms with van der Waals surface area (Å²) < 4.78 is 1.83. The van der Waals surface area contributed by atoms with Crippen molar-refractivity contribution in [2.24, 2.45) is 7.05 Å². The van der Waals surface area contributed by atoms with E-state index in [-0.39, 0.29) is 0 Å². The first-order valence-electron chi connectivity index (χ1n) is 5.99. The van der Waals surface area contributed by atoms with Gasteiger partial charge in [-0.25, -0.2) is 0 Å². The second-order valence-electron chi connectivity index (χ2n) is 4.45. The van der Waals surface area contributed by atoms with Crippen molar-refractivity contribution < 1.29 is 0 Å². The van der Waals surface area contributed by atoms with Crippen molar-refractivity contribution in [1.29, 1.82) is 5.26 Å². The Morgan fingerprint density at radius 1 is 1.47 bits per heavy atom. The summed E-state index contributed by atoms with van der Waals surface area (Å²) in [6, 6.07) is 10.1. The van der Waals surface area contributed by atoms with Crippen LogP contribution >= 0.6 is 0 Å². The minimum atomic E-state index is 0.663. The molecule has 94 valence electrons. The zero-order valence-corrected chi connectivity index (χ0v) is 10.5. The molecule has 0 aliphatic heterocycles. The van der Waals surface area contributed by atoms with Gasteiger partial charge in [0.15, 0.2) is 0 Å². The molecule has 0 bridgehead atoms. The molecule has 0 atom stereocenters. The van der Waals surface area contributed by atoms with Gasteiger partial charge in [0.1, 0.15) is 11.8 Å². The molecule has 0 saturated heterocycles. The number of hydrogen-bond donors (Lipinski definition) is 2. The highest BCUT2D eigenvalue weighted by atomic mass is 15.1. The zero-order chi connectivity index (χ0) is 13.2. The smallest absolute Gasteiger partial charge is 0.120 e. The minimum absolute atomic E-state index is 0.663. The lowest BCUT2D eigenvalue weighted by Crippen LogP contribution is -1.99. The van der Waals surface area contributed by atoms with Crippen LogP contribution in [0, 0.1) is 11.3 Å². The Bertz CT molecular complexity index is 760. The van der Waals surface area contributed by atoms with Gasteiger partial charge in [0.05, 0.1) is 17.4 Å². The van der Waals surface area contributed by atoms with Crippen LogP contribution in [0.15, 0.2) is 36.7 Å². The highest BCUT2D eigenvalue weighted by Gasteiger charge is 2.04. The number of nitriles is 1. The number of rotatable bonds is 3. The number of H-pyrrole nitrogens is 1. The van der Waals surface area contributed by atoms with E-state index in [0.717, 1.165) is 22.2 Å². The van der Waals surface area contributed by atoms with Gasteiger partial charge in [0, 0.05) is 25.2 Å². The van der Waals surface area contributed by atoms with E-state index in [0.29, 0.717) is 12.2 Å². The standard InChI is InChI=1S/C14H13N5/c1-19-9-10(5-12(19)6-15)7-16-13-4-2-3-11-8-17-18-14(11)13/h2-5,8-9,16H,7H2,1H3,(H,17,18). The maximum atomic E-state index is 8.93. The van der Waals surface area contributed by atoms with Crippen LogP contribution in [-0.2, 0) is 13.6 Å². The summed E-state index contributed by atoms with van der Waals surface area (Å²) in [4.78, 5) is 0. The number of para-hydroxylation sites is 1. The molecule has 3 aromatic rings. The van der Waals surface area contributed by atoms with E-state index in [2.05, 4.69) is 21.6 Å². The molecule has 0 fully saturated rings. The van der Waals surface area contributed by atoms with Gasteiger partial charge in [-0.05, 0) is 17.7 Å². The third-order valence-electron chi connectivity index (χ3n) is 3.14. The van der Waals surface area contributed by atoms with E-state index >= 15 is 0 Å². The summed E-state index contributed by atoms with van der Waals surface area (Å²) in [5.41, 5.74) is 3.75. The van der Waals surface area contributed by atoms with E-state index in [9.17, 15) is 0 Å². The zero-order valence-electron chi connectivity index (χ0n) is 10.5. The Labute approximate surface area is 110 Å². The first-order valence-corrected chi connectivity index (χ1v) is 5.99. The molecule has 0 saturated carbocycles. The van der Waals surface area contributed by atoms with E-state index in [1.54, 1.807) is 6.20 Å². The number of nitrogens with one attached hydrogen (secondary N) is 2. The molecule has 0 spiro atoms. The van der Waals surface area contributed by atoms with E-state index in [1.807, 2.05) is 42.1 Å². The van der Waals surface area contributed by atoms with Crippen molar-refractivity contribution in [3.05, 3.63) is 47.9 Å². The molecule has 0 aliphatic rings. The Kier molecular flexibility index (Phi) is 2.69. The molecule has 0 unspecified atom stereocenters. The Hall–Kier alpha value is -2.74. The number of nitrogens with zero attached hydrogens (tertiary/aromatic N) is 3. The Morgan fingerprint density at radius 3 is 3.16 bits per heavy atom. The molecule has 2 heterocycles. The maximum Gasteiger partial charge on any atom is 0.120 e. The number of benzene rings is 1. The fourth-order valence-electron chi connectivity index (χ4n) is 2.15. The first-order chi connectivity index (χ1) is 9.28. The molecule has 3 rings (SSSR count). The van der Waals surface area contributed by atoms with Crippen molar-refractivity contribution >= 4 is 16.6 Å². The van der Waals surface area contributed by atoms with E-state index < -0.39 is 0 Å². The molecule has 1 aromatic carbocycles. The summed E-state index contributed by atoms with van der Waals surface area (Å²) in [5.74, 6) is 0. The highest BCUT2D eigenvalue weighted by Crippen LogP contribution is 2.21.